The van der Waals surface area contributed by atoms with E-state index < -0.39 is 46.8 Å². The lowest BCUT2D eigenvalue weighted by atomic mass is 10.0. The van der Waals surface area contributed by atoms with Gasteiger partial charge >= 0.3 is 11.9 Å². The van der Waals surface area contributed by atoms with E-state index >= 15 is 0 Å². The van der Waals surface area contributed by atoms with Crippen LogP contribution in [0.15, 0.2) is 53.9 Å². The van der Waals surface area contributed by atoms with Gasteiger partial charge in [-0.15, -0.1) is 0 Å². The average Bonchev–Trinajstić information content (AvgIpc) is 2.73. The second-order valence-corrected chi connectivity index (χ2v) is 6.04. The quantitative estimate of drug-likeness (QED) is 0.256. The average molecular weight is 461 g/mol. The number of carboxylic acid groups (broad SMARTS) is 2. The number of fused-ring (bicyclic) bond motifs is 1. The van der Waals surface area contributed by atoms with Gasteiger partial charge in [-0.25, -0.2) is 22.8 Å². The summed E-state index contributed by atoms with van der Waals surface area (Å²) in [7, 11) is 0. The van der Waals surface area contributed by atoms with Crippen LogP contribution in [0, 0.1) is 17.5 Å². The summed E-state index contributed by atoms with van der Waals surface area (Å²) in [5.74, 6) is -6.40. The first kappa shape index (κ1) is 24.5. The number of hydrogen-bond acceptors (Lipinski definition) is 5. The zero-order chi connectivity index (χ0) is 24.7. The molecule has 3 aromatic rings. The molecule has 0 aliphatic rings. The van der Waals surface area contributed by atoms with Crippen LogP contribution in [0.3, 0.4) is 0 Å². The number of aromatic nitrogens is 2. The highest BCUT2D eigenvalue weighted by Crippen LogP contribution is 2.32. The van der Waals surface area contributed by atoms with Gasteiger partial charge in [-0.2, -0.15) is 4.99 Å². The third kappa shape index (κ3) is 6.33. The van der Waals surface area contributed by atoms with Crippen molar-refractivity contribution >= 4 is 34.6 Å². The summed E-state index contributed by atoms with van der Waals surface area (Å²) in [5.41, 5.74) is 9.66. The Morgan fingerprint density at radius 3 is 1.97 bits per heavy atom. The number of rotatable bonds is 4. The normalized spacial score (nSPS) is 10.4. The van der Waals surface area contributed by atoms with Gasteiger partial charge in [0.25, 0.3) is 5.91 Å². The van der Waals surface area contributed by atoms with Crippen molar-refractivity contribution in [2.45, 2.75) is 0 Å². The molecule has 0 fully saturated rings. The highest BCUT2D eigenvalue weighted by molar-refractivity contribution is 6.06. The molecule has 0 saturated heterocycles. The number of carbonyl (C=O) groups is 3. The third-order valence-corrected chi connectivity index (χ3v) is 3.78. The first-order valence-electron chi connectivity index (χ1n) is 8.66. The Morgan fingerprint density at radius 2 is 1.45 bits per heavy atom. The highest BCUT2D eigenvalue weighted by atomic mass is 19.1. The van der Waals surface area contributed by atoms with Gasteiger partial charge in [0.1, 0.15) is 5.82 Å². The van der Waals surface area contributed by atoms with Crippen molar-refractivity contribution in [1.82, 2.24) is 9.97 Å². The smallest absolute Gasteiger partial charge is 0.328 e. The van der Waals surface area contributed by atoms with Gasteiger partial charge in [-0.3, -0.25) is 14.8 Å². The Bertz CT molecular complexity index is 1270. The molecule has 1 amide bonds. The fourth-order valence-corrected chi connectivity index (χ4v) is 2.50. The molecule has 2 aromatic heterocycles. The lowest BCUT2D eigenvalue weighted by Crippen LogP contribution is -2.24. The van der Waals surface area contributed by atoms with E-state index in [9.17, 15) is 27.6 Å². The fourth-order valence-electron chi connectivity index (χ4n) is 2.50. The van der Waals surface area contributed by atoms with Crippen LogP contribution in [0.1, 0.15) is 10.4 Å². The maximum Gasteiger partial charge on any atom is 0.328 e. The minimum absolute atomic E-state index is 0.00409. The van der Waals surface area contributed by atoms with Crippen molar-refractivity contribution in [3.8, 4) is 11.3 Å². The number of guanidine groups is 1. The zero-order valence-corrected chi connectivity index (χ0v) is 16.4. The van der Waals surface area contributed by atoms with Crippen LogP contribution in [0.5, 0.6) is 0 Å². The molecular weight excluding hydrogens is 447 g/mol. The van der Waals surface area contributed by atoms with Crippen LogP contribution in [0.25, 0.3) is 22.0 Å². The molecule has 0 spiro atoms. The van der Waals surface area contributed by atoms with Gasteiger partial charge in [0, 0.05) is 28.5 Å². The lowest BCUT2D eigenvalue weighted by Gasteiger charge is -2.09. The first-order valence-corrected chi connectivity index (χ1v) is 8.66. The van der Waals surface area contributed by atoms with E-state index in [0.717, 1.165) is 18.6 Å². The van der Waals surface area contributed by atoms with Crippen LogP contribution in [0.4, 0.5) is 13.2 Å². The van der Waals surface area contributed by atoms with Gasteiger partial charge in [0.15, 0.2) is 17.6 Å². The second-order valence-electron chi connectivity index (χ2n) is 6.04. The van der Waals surface area contributed by atoms with Crippen molar-refractivity contribution < 1.29 is 37.8 Å². The topological polar surface area (TPSA) is 182 Å². The maximum absolute atomic E-state index is 14.0. The van der Waals surface area contributed by atoms with E-state index in [1.54, 1.807) is 0 Å². The number of nitrogens with zero attached hydrogens (tertiary/aromatic N) is 3. The van der Waals surface area contributed by atoms with E-state index in [-0.39, 0.29) is 22.0 Å². The number of carboxylic acids is 2. The highest BCUT2D eigenvalue weighted by Gasteiger charge is 2.19. The molecule has 1 aromatic carbocycles. The SMILES string of the molecule is NC(N)=NC(=O)c1ccc2c(F)cnc(-c3c(F)cncc3F)c2c1.O=C(O)/C=C/C(=O)O. The molecule has 0 aliphatic carbocycles. The number of benzene rings is 1. The second kappa shape index (κ2) is 10.5. The van der Waals surface area contributed by atoms with E-state index in [4.69, 9.17) is 21.7 Å². The number of halogens is 3. The van der Waals surface area contributed by atoms with E-state index in [2.05, 4.69) is 15.0 Å². The Labute approximate surface area is 182 Å². The van der Waals surface area contributed by atoms with Gasteiger partial charge in [0.05, 0.1) is 29.8 Å². The number of aliphatic carboxylic acids is 2. The Kier molecular flexibility index (Phi) is 7.77. The predicted octanol–water partition coefficient (Wildman–Crippen LogP) is 1.84. The minimum Gasteiger partial charge on any atom is -0.478 e. The molecule has 0 bridgehead atoms. The monoisotopic (exact) mass is 461 g/mol. The molecule has 0 saturated carbocycles. The summed E-state index contributed by atoms with van der Waals surface area (Å²) >= 11 is 0. The summed E-state index contributed by atoms with van der Waals surface area (Å²) in [4.78, 5) is 41.6. The van der Waals surface area contributed by atoms with Crippen molar-refractivity contribution in [2.75, 3.05) is 0 Å². The van der Waals surface area contributed by atoms with Crippen LogP contribution in [0.2, 0.25) is 0 Å². The van der Waals surface area contributed by atoms with Crippen LogP contribution in [-0.2, 0) is 9.59 Å². The Morgan fingerprint density at radius 1 is 0.879 bits per heavy atom. The maximum atomic E-state index is 14.0. The van der Waals surface area contributed by atoms with E-state index in [0.29, 0.717) is 12.2 Å². The molecule has 2 heterocycles. The van der Waals surface area contributed by atoms with Crippen molar-refractivity contribution in [1.29, 1.82) is 0 Å². The fraction of sp³-hybridized carbons (Fsp3) is 0. The van der Waals surface area contributed by atoms with Gasteiger partial charge in [0.2, 0.25) is 0 Å². The molecule has 0 aliphatic heterocycles. The molecule has 6 N–H and O–H groups in total. The molecule has 33 heavy (non-hydrogen) atoms. The van der Waals surface area contributed by atoms with Crippen molar-refractivity contribution in [3.05, 3.63) is 72.0 Å². The van der Waals surface area contributed by atoms with Gasteiger partial charge < -0.3 is 21.7 Å². The van der Waals surface area contributed by atoms with Crippen LogP contribution < -0.4 is 11.5 Å². The molecular formula is C20H14F3N5O5. The summed E-state index contributed by atoms with van der Waals surface area (Å²) in [6.45, 7) is 0. The Hall–Kier alpha value is -4.81. The van der Waals surface area contributed by atoms with Crippen molar-refractivity contribution in [3.63, 3.8) is 0 Å². The van der Waals surface area contributed by atoms with Crippen molar-refractivity contribution in [2.24, 2.45) is 16.5 Å². The number of carbonyl (C=O) groups excluding carboxylic acids is 1. The molecule has 0 atom stereocenters. The summed E-state index contributed by atoms with van der Waals surface area (Å²) < 4.78 is 42.1. The zero-order valence-electron chi connectivity index (χ0n) is 16.4. The van der Waals surface area contributed by atoms with E-state index in [1.165, 1.54) is 18.2 Å². The number of aliphatic imine (C=N–C) groups is 1. The van der Waals surface area contributed by atoms with Gasteiger partial charge in [-0.1, -0.05) is 6.07 Å². The predicted molar refractivity (Wildman–Crippen MR) is 109 cm³/mol. The largest absolute Gasteiger partial charge is 0.478 e. The summed E-state index contributed by atoms with van der Waals surface area (Å²) in [6.07, 6.45) is 3.58. The van der Waals surface area contributed by atoms with E-state index in [1.807, 2.05) is 0 Å². The number of nitrogens with two attached hydrogens (primary N) is 2. The third-order valence-electron chi connectivity index (χ3n) is 3.78. The molecule has 0 unspecified atom stereocenters. The Balaban J connectivity index is 0.000000414. The standard InChI is InChI=1S/C16H10F3N5O.C4H4O4/c17-10-6-23-14(13-11(18)4-22-5-12(13)19)9-3-7(1-2-8(9)10)15(25)24-16(20)21;5-3(6)1-2-4(7)8/h1-6H,(H4,20,21,24,25);1-2H,(H,5,6)(H,7,8)/b;2-1+. The lowest BCUT2D eigenvalue weighted by molar-refractivity contribution is -0.134. The molecule has 10 nitrogen and oxygen atoms in total. The molecule has 13 heteroatoms. The van der Waals surface area contributed by atoms with Gasteiger partial charge in [-0.05, 0) is 12.1 Å². The van der Waals surface area contributed by atoms with Crippen LogP contribution >= 0.6 is 0 Å². The summed E-state index contributed by atoms with van der Waals surface area (Å²) in [6, 6.07) is 3.79. The molecule has 3 rings (SSSR count). The van der Waals surface area contributed by atoms with Crippen LogP contribution in [-0.4, -0.2) is 44.0 Å². The first-order chi connectivity index (χ1) is 15.5. The molecule has 0 radical (unpaired) electrons. The molecule has 170 valence electrons. The minimum atomic E-state index is -1.26. The number of pyridine rings is 2. The number of hydrogen-bond donors (Lipinski definition) is 4. The summed E-state index contributed by atoms with van der Waals surface area (Å²) in [5, 5.41) is 15.7. The number of amides is 1.